The molecule has 0 heterocycles. The second-order valence-corrected chi connectivity index (χ2v) is 5.40. The molecule has 4 nitrogen and oxygen atoms in total. The van der Waals surface area contributed by atoms with E-state index in [1.165, 1.54) is 11.8 Å². The summed E-state index contributed by atoms with van der Waals surface area (Å²) in [4.78, 5) is 22.5. The number of thioether (sulfide) groups is 1. The predicted octanol–water partition coefficient (Wildman–Crippen LogP) is 1.94. The van der Waals surface area contributed by atoms with Crippen LogP contribution in [-0.2, 0) is 16.0 Å². The van der Waals surface area contributed by atoms with Crippen molar-refractivity contribution in [3.63, 3.8) is 0 Å². The first-order chi connectivity index (χ1) is 9.13. The maximum Gasteiger partial charge on any atom is 0.316 e. The molecule has 0 saturated heterocycles. The SMILES string of the molecule is CCNC(=O)CCSC(Cc1ccccc1)C(=O)O. The molecular formula is C14H19NO3S. The molecule has 19 heavy (non-hydrogen) atoms. The lowest BCUT2D eigenvalue weighted by molar-refractivity contribution is -0.136. The van der Waals surface area contributed by atoms with Gasteiger partial charge in [-0.3, -0.25) is 9.59 Å². The normalized spacial score (nSPS) is 11.8. The standard InChI is InChI=1S/C14H19NO3S/c1-2-15-13(16)8-9-19-12(14(17)18)10-11-6-4-3-5-7-11/h3-7,12H,2,8-10H2,1H3,(H,15,16)(H,17,18). The highest BCUT2D eigenvalue weighted by molar-refractivity contribution is 8.00. The number of carboxylic acid groups (broad SMARTS) is 1. The van der Waals surface area contributed by atoms with Gasteiger partial charge in [-0.25, -0.2) is 0 Å². The quantitative estimate of drug-likeness (QED) is 0.764. The zero-order valence-corrected chi connectivity index (χ0v) is 11.8. The molecule has 104 valence electrons. The summed E-state index contributed by atoms with van der Waals surface area (Å²) in [6.45, 7) is 2.47. The maximum atomic E-state index is 11.3. The second kappa shape index (κ2) is 8.58. The van der Waals surface area contributed by atoms with Crippen LogP contribution in [0.2, 0.25) is 0 Å². The molecule has 1 amide bonds. The topological polar surface area (TPSA) is 66.4 Å². The average molecular weight is 281 g/mol. The Morgan fingerprint density at radius 1 is 1.32 bits per heavy atom. The Morgan fingerprint density at radius 3 is 2.58 bits per heavy atom. The fourth-order valence-corrected chi connectivity index (χ4v) is 2.67. The number of benzene rings is 1. The number of aliphatic carboxylic acids is 1. The first-order valence-corrected chi connectivity index (χ1v) is 7.33. The van der Waals surface area contributed by atoms with Gasteiger partial charge in [0.2, 0.25) is 5.91 Å². The fraction of sp³-hybridized carbons (Fsp3) is 0.429. The minimum Gasteiger partial charge on any atom is -0.480 e. The highest BCUT2D eigenvalue weighted by atomic mass is 32.2. The lowest BCUT2D eigenvalue weighted by atomic mass is 10.1. The molecule has 0 fully saturated rings. The summed E-state index contributed by atoms with van der Waals surface area (Å²) in [6.07, 6.45) is 0.841. The van der Waals surface area contributed by atoms with Crippen molar-refractivity contribution in [2.45, 2.75) is 25.0 Å². The molecule has 0 aliphatic carbocycles. The third-order valence-electron chi connectivity index (χ3n) is 2.56. The number of amides is 1. The van der Waals surface area contributed by atoms with E-state index >= 15 is 0 Å². The number of hydrogen-bond acceptors (Lipinski definition) is 3. The van der Waals surface area contributed by atoms with Gasteiger partial charge in [-0.05, 0) is 18.9 Å². The first kappa shape index (κ1) is 15.6. The van der Waals surface area contributed by atoms with Crippen molar-refractivity contribution in [2.24, 2.45) is 0 Å². The molecule has 0 saturated carbocycles. The van der Waals surface area contributed by atoms with E-state index < -0.39 is 11.2 Å². The molecule has 0 bridgehead atoms. The molecule has 0 aromatic heterocycles. The van der Waals surface area contributed by atoms with E-state index in [1.54, 1.807) is 0 Å². The third kappa shape index (κ3) is 6.29. The van der Waals surface area contributed by atoms with Gasteiger partial charge in [-0.15, -0.1) is 11.8 Å². The molecule has 2 N–H and O–H groups in total. The van der Waals surface area contributed by atoms with Crippen LogP contribution in [0.1, 0.15) is 18.9 Å². The van der Waals surface area contributed by atoms with Crippen LogP contribution in [0.3, 0.4) is 0 Å². The van der Waals surface area contributed by atoms with Gasteiger partial charge in [0.15, 0.2) is 0 Å². The molecule has 1 aromatic rings. The summed E-state index contributed by atoms with van der Waals surface area (Å²) < 4.78 is 0. The van der Waals surface area contributed by atoms with Crippen molar-refractivity contribution in [3.8, 4) is 0 Å². The Labute approximate surface area is 117 Å². The maximum absolute atomic E-state index is 11.3. The summed E-state index contributed by atoms with van der Waals surface area (Å²) >= 11 is 1.32. The van der Waals surface area contributed by atoms with Gasteiger partial charge < -0.3 is 10.4 Å². The number of carbonyl (C=O) groups is 2. The first-order valence-electron chi connectivity index (χ1n) is 6.28. The molecule has 1 atom stereocenters. The summed E-state index contributed by atoms with van der Waals surface area (Å²) in [5.74, 6) is -0.334. The van der Waals surface area contributed by atoms with Gasteiger partial charge in [-0.1, -0.05) is 30.3 Å². The molecule has 0 aliphatic rings. The largest absolute Gasteiger partial charge is 0.480 e. The average Bonchev–Trinajstić information content (AvgIpc) is 2.39. The number of nitrogens with one attached hydrogen (secondary N) is 1. The van der Waals surface area contributed by atoms with E-state index in [4.69, 9.17) is 0 Å². The molecule has 0 spiro atoms. The number of carbonyl (C=O) groups excluding carboxylic acids is 1. The molecule has 1 rings (SSSR count). The molecular weight excluding hydrogens is 262 g/mol. The number of carboxylic acids is 1. The molecule has 0 aliphatic heterocycles. The van der Waals surface area contributed by atoms with Crippen LogP contribution >= 0.6 is 11.8 Å². The lowest BCUT2D eigenvalue weighted by Gasteiger charge is -2.12. The molecule has 0 radical (unpaired) electrons. The van der Waals surface area contributed by atoms with Gasteiger partial charge in [-0.2, -0.15) is 0 Å². The van der Waals surface area contributed by atoms with Crippen molar-refractivity contribution >= 4 is 23.6 Å². The van der Waals surface area contributed by atoms with Crippen molar-refractivity contribution < 1.29 is 14.7 Å². The van der Waals surface area contributed by atoms with Crippen LogP contribution in [0.4, 0.5) is 0 Å². The van der Waals surface area contributed by atoms with Crippen molar-refractivity contribution in [3.05, 3.63) is 35.9 Å². The van der Waals surface area contributed by atoms with Gasteiger partial charge in [0, 0.05) is 18.7 Å². The van der Waals surface area contributed by atoms with Crippen LogP contribution in [0.5, 0.6) is 0 Å². The fourth-order valence-electron chi connectivity index (χ4n) is 1.63. The Kier molecular flexibility index (Phi) is 7.03. The van der Waals surface area contributed by atoms with E-state index in [9.17, 15) is 14.7 Å². The summed E-state index contributed by atoms with van der Waals surface area (Å²) in [7, 11) is 0. The monoisotopic (exact) mass is 281 g/mol. The molecule has 1 aromatic carbocycles. The van der Waals surface area contributed by atoms with E-state index in [1.807, 2.05) is 37.3 Å². The Hall–Kier alpha value is -1.49. The Bertz CT molecular complexity index is 408. The smallest absolute Gasteiger partial charge is 0.316 e. The van der Waals surface area contributed by atoms with E-state index in [2.05, 4.69) is 5.32 Å². The van der Waals surface area contributed by atoms with Crippen LogP contribution in [0.25, 0.3) is 0 Å². The van der Waals surface area contributed by atoms with Crippen molar-refractivity contribution in [1.29, 1.82) is 0 Å². The third-order valence-corrected chi connectivity index (χ3v) is 3.77. The van der Waals surface area contributed by atoms with Crippen LogP contribution in [-0.4, -0.2) is 34.5 Å². The van der Waals surface area contributed by atoms with E-state index in [0.29, 0.717) is 25.1 Å². The van der Waals surface area contributed by atoms with Gasteiger partial charge in [0.05, 0.1) is 0 Å². The second-order valence-electron chi connectivity index (χ2n) is 4.09. The predicted molar refractivity (Wildman–Crippen MR) is 77.3 cm³/mol. The van der Waals surface area contributed by atoms with Crippen molar-refractivity contribution in [1.82, 2.24) is 5.32 Å². The molecule has 1 unspecified atom stereocenters. The Balaban J connectivity index is 2.41. The summed E-state index contributed by atoms with van der Waals surface area (Å²) in [6, 6.07) is 9.53. The number of hydrogen-bond donors (Lipinski definition) is 2. The van der Waals surface area contributed by atoms with Gasteiger partial charge >= 0.3 is 5.97 Å². The minimum atomic E-state index is -0.829. The summed E-state index contributed by atoms with van der Waals surface area (Å²) in [5.41, 5.74) is 1.00. The Morgan fingerprint density at radius 2 is 2.00 bits per heavy atom. The summed E-state index contributed by atoms with van der Waals surface area (Å²) in [5, 5.41) is 11.4. The van der Waals surface area contributed by atoms with Crippen LogP contribution in [0.15, 0.2) is 30.3 Å². The minimum absolute atomic E-state index is 0.0288. The zero-order chi connectivity index (χ0) is 14.1. The van der Waals surface area contributed by atoms with E-state index in [-0.39, 0.29) is 5.91 Å². The van der Waals surface area contributed by atoms with Crippen LogP contribution < -0.4 is 5.32 Å². The zero-order valence-electron chi connectivity index (χ0n) is 11.0. The lowest BCUT2D eigenvalue weighted by Crippen LogP contribution is -2.24. The van der Waals surface area contributed by atoms with E-state index in [0.717, 1.165) is 5.56 Å². The number of rotatable bonds is 8. The highest BCUT2D eigenvalue weighted by Gasteiger charge is 2.18. The van der Waals surface area contributed by atoms with Crippen molar-refractivity contribution in [2.75, 3.05) is 12.3 Å². The van der Waals surface area contributed by atoms with Gasteiger partial charge in [0.25, 0.3) is 0 Å². The van der Waals surface area contributed by atoms with Gasteiger partial charge in [0.1, 0.15) is 5.25 Å². The highest BCUT2D eigenvalue weighted by Crippen LogP contribution is 2.17. The van der Waals surface area contributed by atoms with Crippen LogP contribution in [0, 0.1) is 0 Å². The molecule has 5 heteroatoms.